The van der Waals surface area contributed by atoms with Crippen molar-refractivity contribution in [3.8, 4) is 5.75 Å². The predicted octanol–water partition coefficient (Wildman–Crippen LogP) is 6.54. The summed E-state index contributed by atoms with van der Waals surface area (Å²) in [6.45, 7) is 0.786. The maximum Gasteiger partial charge on any atom is 0.337 e. The molecule has 28 heavy (non-hydrogen) atoms. The van der Waals surface area contributed by atoms with Crippen molar-refractivity contribution in [2.45, 2.75) is 13.2 Å². The van der Waals surface area contributed by atoms with Gasteiger partial charge in [-0.15, -0.1) is 0 Å². The maximum absolute atomic E-state index is 11.0. The Kier molecular flexibility index (Phi) is 6.68. The van der Waals surface area contributed by atoms with Crippen molar-refractivity contribution < 1.29 is 14.6 Å². The van der Waals surface area contributed by atoms with Gasteiger partial charge in [0.1, 0.15) is 12.4 Å². The number of ether oxygens (including phenoxy) is 1. The SMILES string of the molecule is O=C(O)c1ccc(NCc2cccc(OCc3c(Cl)cccc3Cl)c2)cc1Cl. The van der Waals surface area contributed by atoms with E-state index in [-0.39, 0.29) is 17.2 Å². The number of nitrogens with one attached hydrogen (secondary N) is 1. The van der Waals surface area contributed by atoms with E-state index >= 15 is 0 Å². The lowest BCUT2D eigenvalue weighted by molar-refractivity contribution is 0.0697. The van der Waals surface area contributed by atoms with Crippen LogP contribution in [0.2, 0.25) is 15.1 Å². The highest BCUT2D eigenvalue weighted by molar-refractivity contribution is 6.36. The number of rotatable bonds is 7. The molecule has 144 valence electrons. The minimum Gasteiger partial charge on any atom is -0.489 e. The predicted molar refractivity (Wildman–Crippen MR) is 113 cm³/mol. The lowest BCUT2D eigenvalue weighted by Gasteiger charge is -2.12. The van der Waals surface area contributed by atoms with Gasteiger partial charge in [0.15, 0.2) is 0 Å². The molecule has 3 aromatic rings. The molecule has 0 unspecified atom stereocenters. The third-order valence-corrected chi connectivity index (χ3v) is 5.06. The van der Waals surface area contributed by atoms with Crippen LogP contribution in [0, 0.1) is 0 Å². The van der Waals surface area contributed by atoms with E-state index < -0.39 is 5.97 Å². The largest absolute Gasteiger partial charge is 0.489 e. The Balaban J connectivity index is 1.63. The summed E-state index contributed by atoms with van der Waals surface area (Å²) in [7, 11) is 0. The molecule has 0 radical (unpaired) electrons. The Bertz CT molecular complexity index is 988. The van der Waals surface area contributed by atoms with Gasteiger partial charge in [0, 0.05) is 27.8 Å². The van der Waals surface area contributed by atoms with Gasteiger partial charge in [-0.2, -0.15) is 0 Å². The second-order valence-electron chi connectivity index (χ2n) is 5.99. The summed E-state index contributed by atoms with van der Waals surface area (Å²) in [5.41, 5.74) is 2.52. The van der Waals surface area contributed by atoms with E-state index in [2.05, 4.69) is 5.32 Å². The summed E-state index contributed by atoms with van der Waals surface area (Å²) in [6, 6.07) is 17.7. The molecule has 0 aromatic heterocycles. The molecule has 3 aromatic carbocycles. The molecular weight excluding hydrogens is 421 g/mol. The first-order chi connectivity index (χ1) is 13.4. The zero-order chi connectivity index (χ0) is 20.1. The maximum atomic E-state index is 11.0. The molecule has 0 atom stereocenters. The van der Waals surface area contributed by atoms with E-state index in [0.717, 1.165) is 16.8 Å². The van der Waals surface area contributed by atoms with Gasteiger partial charge in [-0.3, -0.25) is 0 Å². The number of anilines is 1. The molecular formula is C21H16Cl3NO3. The van der Waals surface area contributed by atoms with E-state index in [4.69, 9.17) is 44.6 Å². The van der Waals surface area contributed by atoms with Gasteiger partial charge in [0.05, 0.1) is 10.6 Å². The Labute approximate surface area is 177 Å². The summed E-state index contributed by atoms with van der Waals surface area (Å²) < 4.78 is 5.82. The van der Waals surface area contributed by atoms with Crippen molar-refractivity contribution in [3.63, 3.8) is 0 Å². The van der Waals surface area contributed by atoms with Gasteiger partial charge >= 0.3 is 5.97 Å². The smallest absolute Gasteiger partial charge is 0.337 e. The normalized spacial score (nSPS) is 10.5. The van der Waals surface area contributed by atoms with Crippen LogP contribution >= 0.6 is 34.8 Å². The third-order valence-electron chi connectivity index (χ3n) is 4.04. The Hall–Kier alpha value is -2.40. The quantitative estimate of drug-likeness (QED) is 0.442. The molecule has 0 fully saturated rings. The highest BCUT2D eigenvalue weighted by atomic mass is 35.5. The molecule has 0 aliphatic heterocycles. The first-order valence-electron chi connectivity index (χ1n) is 8.35. The molecule has 0 bridgehead atoms. The molecule has 0 heterocycles. The van der Waals surface area contributed by atoms with Crippen LogP contribution < -0.4 is 10.1 Å². The first-order valence-corrected chi connectivity index (χ1v) is 9.49. The van der Waals surface area contributed by atoms with Crippen molar-refractivity contribution in [2.24, 2.45) is 0 Å². The van der Waals surface area contributed by atoms with E-state index in [1.807, 2.05) is 24.3 Å². The fourth-order valence-electron chi connectivity index (χ4n) is 2.57. The monoisotopic (exact) mass is 435 g/mol. The minimum absolute atomic E-state index is 0.0702. The average molecular weight is 437 g/mol. The number of hydrogen-bond acceptors (Lipinski definition) is 3. The lowest BCUT2D eigenvalue weighted by atomic mass is 10.2. The minimum atomic E-state index is -1.06. The number of hydrogen-bond donors (Lipinski definition) is 2. The second-order valence-corrected chi connectivity index (χ2v) is 7.21. The molecule has 0 aliphatic rings. The summed E-state index contributed by atoms with van der Waals surface area (Å²) in [4.78, 5) is 11.0. The number of halogens is 3. The summed E-state index contributed by atoms with van der Waals surface area (Å²) in [6.07, 6.45) is 0. The Morgan fingerprint density at radius 1 is 0.929 bits per heavy atom. The number of carboxylic acid groups (broad SMARTS) is 1. The van der Waals surface area contributed by atoms with Gasteiger partial charge in [0.2, 0.25) is 0 Å². The van der Waals surface area contributed by atoms with Crippen molar-refractivity contribution in [2.75, 3.05) is 5.32 Å². The van der Waals surface area contributed by atoms with Crippen LogP contribution in [0.5, 0.6) is 5.75 Å². The molecule has 4 nitrogen and oxygen atoms in total. The standard InChI is InChI=1S/C21H16Cl3NO3/c22-18-5-2-6-19(23)17(18)12-28-15-4-1-3-13(9-15)11-25-14-7-8-16(21(26)27)20(24)10-14/h1-10,25H,11-12H2,(H,26,27). The highest BCUT2D eigenvalue weighted by Crippen LogP contribution is 2.26. The number of carbonyl (C=O) groups is 1. The van der Waals surface area contributed by atoms with Crippen LogP contribution in [-0.4, -0.2) is 11.1 Å². The van der Waals surface area contributed by atoms with Crippen molar-refractivity contribution in [1.82, 2.24) is 0 Å². The molecule has 0 amide bonds. The second kappa shape index (κ2) is 9.20. The average Bonchev–Trinajstić information content (AvgIpc) is 2.66. The summed E-state index contributed by atoms with van der Waals surface area (Å²) >= 11 is 18.3. The topological polar surface area (TPSA) is 58.6 Å². The molecule has 0 saturated heterocycles. The highest BCUT2D eigenvalue weighted by Gasteiger charge is 2.09. The summed E-state index contributed by atoms with van der Waals surface area (Å²) in [5, 5.41) is 13.5. The molecule has 2 N–H and O–H groups in total. The van der Waals surface area contributed by atoms with E-state index in [0.29, 0.717) is 22.3 Å². The summed E-state index contributed by atoms with van der Waals surface area (Å²) in [5.74, 6) is -0.366. The van der Waals surface area contributed by atoms with Crippen LogP contribution in [0.3, 0.4) is 0 Å². The number of benzene rings is 3. The van der Waals surface area contributed by atoms with Gasteiger partial charge in [-0.05, 0) is 48.0 Å². The van der Waals surface area contributed by atoms with Crippen molar-refractivity contribution >= 4 is 46.5 Å². The molecule has 3 rings (SSSR count). The van der Waals surface area contributed by atoms with E-state index in [1.54, 1.807) is 30.3 Å². The number of carboxylic acids is 1. The molecule has 0 spiro atoms. The van der Waals surface area contributed by atoms with Crippen LogP contribution in [0.15, 0.2) is 60.7 Å². The van der Waals surface area contributed by atoms with Gasteiger partial charge in [-0.25, -0.2) is 4.79 Å². The Morgan fingerprint density at radius 3 is 2.32 bits per heavy atom. The molecule has 7 heteroatoms. The first kappa shape index (κ1) is 20.3. The van der Waals surface area contributed by atoms with E-state index in [9.17, 15) is 4.79 Å². The van der Waals surface area contributed by atoms with Gasteiger partial charge in [-0.1, -0.05) is 53.0 Å². The van der Waals surface area contributed by atoms with Gasteiger partial charge < -0.3 is 15.2 Å². The van der Waals surface area contributed by atoms with Crippen LogP contribution in [0.25, 0.3) is 0 Å². The zero-order valence-electron chi connectivity index (χ0n) is 14.6. The lowest BCUT2D eigenvalue weighted by Crippen LogP contribution is -2.02. The Morgan fingerprint density at radius 2 is 1.64 bits per heavy atom. The van der Waals surface area contributed by atoms with Crippen molar-refractivity contribution in [3.05, 3.63) is 92.4 Å². The number of aromatic carboxylic acids is 1. The van der Waals surface area contributed by atoms with E-state index in [1.165, 1.54) is 6.07 Å². The fraction of sp³-hybridized carbons (Fsp3) is 0.0952. The third kappa shape index (κ3) is 5.10. The van der Waals surface area contributed by atoms with Crippen LogP contribution in [-0.2, 0) is 13.2 Å². The molecule has 0 aliphatic carbocycles. The van der Waals surface area contributed by atoms with Crippen LogP contribution in [0.1, 0.15) is 21.5 Å². The molecule has 0 saturated carbocycles. The van der Waals surface area contributed by atoms with Crippen LogP contribution in [0.4, 0.5) is 5.69 Å². The fourth-order valence-corrected chi connectivity index (χ4v) is 3.34. The zero-order valence-corrected chi connectivity index (χ0v) is 16.9. The van der Waals surface area contributed by atoms with Crippen molar-refractivity contribution in [1.29, 1.82) is 0 Å². The van der Waals surface area contributed by atoms with Gasteiger partial charge in [0.25, 0.3) is 0 Å².